The number of nitrogens with zero attached hydrogens (tertiary/aromatic N) is 3. The molecule has 0 spiro atoms. The van der Waals surface area contributed by atoms with Gasteiger partial charge in [-0.15, -0.1) is 0 Å². The average Bonchev–Trinajstić information content (AvgIpc) is 2.47. The molecule has 1 heterocycles. The van der Waals surface area contributed by atoms with Crippen molar-refractivity contribution in [1.82, 2.24) is 14.9 Å². The van der Waals surface area contributed by atoms with Crippen molar-refractivity contribution in [2.45, 2.75) is 80.1 Å². The number of carbonyl (C=O) groups is 2. The lowest BCUT2D eigenvalue weighted by molar-refractivity contribution is -0.000231. The van der Waals surface area contributed by atoms with Gasteiger partial charge in [0.05, 0.1) is 6.54 Å². The van der Waals surface area contributed by atoms with Gasteiger partial charge < -0.3 is 14.8 Å². The minimum absolute atomic E-state index is 0.0231. The second-order valence-electron chi connectivity index (χ2n) is 9.97. The fourth-order valence-electron chi connectivity index (χ4n) is 2.01. The largest absolute Gasteiger partial charge is 0.443 e. The summed E-state index contributed by atoms with van der Waals surface area (Å²) in [5.41, 5.74) is -1.07. The van der Waals surface area contributed by atoms with Crippen molar-refractivity contribution in [3.63, 3.8) is 0 Å². The summed E-state index contributed by atoms with van der Waals surface area (Å²) < 4.78 is 10.8. The Bertz CT molecular complexity index is 705. The number of imide groups is 1. The summed E-state index contributed by atoms with van der Waals surface area (Å²) in [6, 6.07) is 0. The minimum Gasteiger partial charge on any atom is -0.443 e. The van der Waals surface area contributed by atoms with E-state index >= 15 is 0 Å². The van der Waals surface area contributed by atoms with Crippen molar-refractivity contribution in [2.24, 2.45) is 5.41 Å². The number of rotatable bonds is 4. The third-order valence-corrected chi connectivity index (χ3v) is 3.36. The molecule has 1 aromatic heterocycles. The van der Waals surface area contributed by atoms with Gasteiger partial charge in [-0.1, -0.05) is 20.8 Å². The lowest BCUT2D eigenvalue weighted by Crippen LogP contribution is -2.43. The summed E-state index contributed by atoms with van der Waals surface area (Å²) in [4.78, 5) is 34.5. The highest BCUT2D eigenvalue weighted by molar-refractivity contribution is 6.28. The van der Waals surface area contributed by atoms with Crippen LogP contribution < -0.4 is 5.32 Å². The Hall–Kier alpha value is -2.09. The molecule has 0 atom stereocenters. The van der Waals surface area contributed by atoms with Crippen molar-refractivity contribution < 1.29 is 19.1 Å². The Morgan fingerprint density at radius 1 is 1.00 bits per heavy atom. The monoisotopic (exact) mass is 428 g/mol. The molecule has 0 aliphatic rings. The van der Waals surface area contributed by atoms with Gasteiger partial charge in [0.2, 0.25) is 5.28 Å². The van der Waals surface area contributed by atoms with Crippen LogP contribution in [0, 0.1) is 5.41 Å². The number of aromatic nitrogens is 2. The first-order valence-electron chi connectivity index (χ1n) is 9.46. The highest BCUT2D eigenvalue weighted by Gasteiger charge is 2.32. The number of anilines is 1. The SMILES string of the molecule is CC(C)(C)CNc1nc(Cl)ncc1CN(C(=O)OC(C)(C)C)C(=O)OC(C)(C)C. The molecule has 2 amide bonds. The van der Waals surface area contributed by atoms with Crippen LogP contribution in [0.2, 0.25) is 5.28 Å². The lowest BCUT2D eigenvalue weighted by Gasteiger charge is -2.29. The van der Waals surface area contributed by atoms with Gasteiger partial charge >= 0.3 is 12.2 Å². The topological polar surface area (TPSA) is 93.7 Å². The molecule has 1 aromatic rings. The molecular formula is C20H33ClN4O4. The standard InChI is InChI=1S/C20H33ClN4O4/c1-18(2,3)12-23-14-13(10-22-15(21)24-14)11-25(16(26)28-19(4,5)6)17(27)29-20(7,8)9/h10H,11-12H2,1-9H3,(H,22,23,24). The second kappa shape index (κ2) is 9.15. The van der Waals surface area contributed by atoms with E-state index in [4.69, 9.17) is 21.1 Å². The number of hydrogen-bond donors (Lipinski definition) is 1. The molecule has 0 aromatic carbocycles. The molecule has 0 bridgehead atoms. The molecule has 9 heteroatoms. The molecule has 1 N–H and O–H groups in total. The van der Waals surface area contributed by atoms with E-state index in [1.165, 1.54) is 6.20 Å². The molecule has 164 valence electrons. The summed E-state index contributed by atoms with van der Waals surface area (Å²) >= 11 is 5.94. The van der Waals surface area contributed by atoms with Gasteiger partial charge in [-0.3, -0.25) is 0 Å². The predicted octanol–water partition coefficient (Wildman–Crippen LogP) is 5.26. The molecule has 8 nitrogen and oxygen atoms in total. The first kappa shape index (κ1) is 24.9. The minimum atomic E-state index is -0.816. The lowest BCUT2D eigenvalue weighted by atomic mass is 9.97. The Morgan fingerprint density at radius 2 is 1.48 bits per heavy atom. The van der Waals surface area contributed by atoms with E-state index in [-0.39, 0.29) is 17.2 Å². The normalized spacial score (nSPS) is 12.3. The first-order chi connectivity index (χ1) is 13.0. The number of nitrogens with one attached hydrogen (secondary N) is 1. The Kier molecular flexibility index (Phi) is 7.87. The molecule has 0 fully saturated rings. The number of halogens is 1. The van der Waals surface area contributed by atoms with E-state index in [1.54, 1.807) is 41.5 Å². The molecule has 0 aliphatic carbocycles. The molecular weight excluding hydrogens is 396 g/mol. The van der Waals surface area contributed by atoms with E-state index in [1.807, 2.05) is 0 Å². The van der Waals surface area contributed by atoms with Gasteiger partial charge in [-0.25, -0.2) is 24.5 Å². The van der Waals surface area contributed by atoms with E-state index < -0.39 is 23.4 Å². The Morgan fingerprint density at radius 3 is 1.90 bits per heavy atom. The van der Waals surface area contributed by atoms with E-state index in [0.717, 1.165) is 4.90 Å². The molecule has 1 rings (SSSR count). The van der Waals surface area contributed by atoms with Crippen molar-refractivity contribution in [1.29, 1.82) is 0 Å². The fourth-order valence-corrected chi connectivity index (χ4v) is 2.14. The van der Waals surface area contributed by atoms with Crippen LogP contribution in [0.3, 0.4) is 0 Å². The van der Waals surface area contributed by atoms with Gasteiger partial charge in [0, 0.05) is 18.3 Å². The van der Waals surface area contributed by atoms with E-state index in [0.29, 0.717) is 17.9 Å². The molecule has 0 saturated carbocycles. The van der Waals surface area contributed by atoms with E-state index in [9.17, 15) is 9.59 Å². The van der Waals surface area contributed by atoms with Crippen LogP contribution in [0.4, 0.5) is 15.4 Å². The van der Waals surface area contributed by atoms with Crippen LogP contribution in [-0.4, -0.2) is 44.8 Å². The maximum Gasteiger partial charge on any atom is 0.420 e. The summed E-state index contributed by atoms with van der Waals surface area (Å²) in [5, 5.41) is 3.27. The maximum absolute atomic E-state index is 12.7. The Balaban J connectivity index is 3.21. The molecule has 29 heavy (non-hydrogen) atoms. The van der Waals surface area contributed by atoms with Crippen LogP contribution in [0.15, 0.2) is 6.20 Å². The quantitative estimate of drug-likeness (QED) is 0.653. The highest BCUT2D eigenvalue weighted by Crippen LogP contribution is 2.22. The summed E-state index contributed by atoms with van der Waals surface area (Å²) in [6.07, 6.45) is -0.158. The van der Waals surface area contributed by atoms with Gasteiger partial charge in [0.1, 0.15) is 17.0 Å². The van der Waals surface area contributed by atoms with Crippen molar-refractivity contribution in [3.8, 4) is 0 Å². The fraction of sp³-hybridized carbons (Fsp3) is 0.700. The summed E-state index contributed by atoms with van der Waals surface area (Å²) in [7, 11) is 0. The zero-order valence-electron chi connectivity index (χ0n) is 18.8. The third kappa shape index (κ3) is 9.78. The first-order valence-corrected chi connectivity index (χ1v) is 9.83. The second-order valence-corrected chi connectivity index (χ2v) is 10.3. The smallest absolute Gasteiger partial charge is 0.420 e. The zero-order valence-corrected chi connectivity index (χ0v) is 19.6. The van der Waals surface area contributed by atoms with E-state index in [2.05, 4.69) is 36.1 Å². The van der Waals surface area contributed by atoms with Crippen LogP contribution in [0.5, 0.6) is 0 Å². The molecule has 0 unspecified atom stereocenters. The third-order valence-electron chi connectivity index (χ3n) is 3.18. The van der Waals surface area contributed by atoms with Crippen molar-refractivity contribution in [2.75, 3.05) is 11.9 Å². The number of ether oxygens (including phenoxy) is 2. The van der Waals surface area contributed by atoms with Crippen molar-refractivity contribution >= 4 is 29.6 Å². The van der Waals surface area contributed by atoms with Gasteiger partial charge in [-0.2, -0.15) is 0 Å². The van der Waals surface area contributed by atoms with Crippen LogP contribution in [0.25, 0.3) is 0 Å². The van der Waals surface area contributed by atoms with Crippen LogP contribution in [0.1, 0.15) is 67.9 Å². The molecule has 0 radical (unpaired) electrons. The number of hydrogen-bond acceptors (Lipinski definition) is 7. The summed E-state index contributed by atoms with van der Waals surface area (Å²) in [5.74, 6) is 0.442. The van der Waals surface area contributed by atoms with Crippen LogP contribution >= 0.6 is 11.6 Å². The van der Waals surface area contributed by atoms with Crippen LogP contribution in [-0.2, 0) is 16.0 Å². The zero-order chi connectivity index (χ0) is 22.6. The van der Waals surface area contributed by atoms with Crippen molar-refractivity contribution in [3.05, 3.63) is 17.0 Å². The van der Waals surface area contributed by atoms with Gasteiger partial charge in [0.15, 0.2) is 0 Å². The molecule has 0 saturated heterocycles. The van der Waals surface area contributed by atoms with Gasteiger partial charge in [-0.05, 0) is 58.6 Å². The highest BCUT2D eigenvalue weighted by atomic mass is 35.5. The predicted molar refractivity (Wildman–Crippen MR) is 113 cm³/mol. The average molecular weight is 429 g/mol. The maximum atomic E-state index is 12.7. The number of carbonyl (C=O) groups excluding carboxylic acids is 2. The van der Waals surface area contributed by atoms with Gasteiger partial charge in [0.25, 0.3) is 0 Å². The molecule has 0 aliphatic heterocycles. The summed E-state index contributed by atoms with van der Waals surface area (Å²) in [6.45, 7) is 17.0. The Labute approximate surface area is 178 Å². The number of amides is 2.